The summed E-state index contributed by atoms with van der Waals surface area (Å²) < 4.78 is 33.6. The predicted octanol–water partition coefficient (Wildman–Crippen LogP) is 15.0. The number of hydrogen-bond acceptors (Lipinski definition) is 10. The molecule has 0 radical (unpaired) electrons. The monoisotopic (exact) mass is 935 g/mol. The van der Waals surface area contributed by atoms with Crippen LogP contribution < -0.4 is 18.9 Å². The van der Waals surface area contributed by atoms with E-state index in [4.69, 9.17) is 28.4 Å². The van der Waals surface area contributed by atoms with Gasteiger partial charge in [-0.1, -0.05) is 141 Å². The summed E-state index contributed by atoms with van der Waals surface area (Å²) in [5.41, 5.74) is 3.13. The molecule has 0 unspecified atom stereocenters. The van der Waals surface area contributed by atoms with Crippen LogP contribution in [0.1, 0.15) is 189 Å². The second-order valence-electron chi connectivity index (χ2n) is 17.6. The largest absolute Gasteiger partial charge is 0.494 e. The summed E-state index contributed by atoms with van der Waals surface area (Å²) in [6.07, 6.45) is 23.7. The molecule has 0 spiro atoms. The van der Waals surface area contributed by atoms with E-state index in [2.05, 4.69) is 38.1 Å². The summed E-state index contributed by atoms with van der Waals surface area (Å²) in [5.74, 6) is 1.32. The molecule has 370 valence electrons. The van der Waals surface area contributed by atoms with Gasteiger partial charge in [0.05, 0.1) is 37.6 Å². The average molecular weight is 935 g/mol. The first-order valence-electron chi connectivity index (χ1n) is 25.8. The molecule has 4 rings (SSSR count). The number of esters is 4. The zero-order chi connectivity index (χ0) is 48.3. The van der Waals surface area contributed by atoms with E-state index >= 15 is 0 Å². The minimum absolute atomic E-state index is 0.269. The second-order valence-corrected chi connectivity index (χ2v) is 17.6. The van der Waals surface area contributed by atoms with Crippen LogP contribution in [0.15, 0.2) is 97.1 Å². The zero-order valence-electron chi connectivity index (χ0n) is 41.1. The number of benzene rings is 4. The van der Waals surface area contributed by atoms with E-state index in [1.807, 2.05) is 24.3 Å². The number of carbonyl (C=O) groups is 4. The molecule has 0 saturated carbocycles. The van der Waals surface area contributed by atoms with Gasteiger partial charge in [-0.15, -0.1) is 0 Å². The first-order chi connectivity index (χ1) is 33.3. The quantitative estimate of drug-likeness (QED) is 0.0245. The molecule has 0 aliphatic rings. The third-order valence-electron chi connectivity index (χ3n) is 11.7. The molecule has 68 heavy (non-hydrogen) atoms. The highest BCUT2D eigenvalue weighted by Gasteiger charge is 2.12. The average Bonchev–Trinajstić information content (AvgIpc) is 3.35. The van der Waals surface area contributed by atoms with E-state index in [0.29, 0.717) is 61.9 Å². The first kappa shape index (κ1) is 55.0. The summed E-state index contributed by atoms with van der Waals surface area (Å²) in [4.78, 5) is 49.3. The fourth-order valence-electron chi connectivity index (χ4n) is 7.61. The van der Waals surface area contributed by atoms with Crippen LogP contribution in [0, 0.1) is 0 Å². The van der Waals surface area contributed by atoms with Gasteiger partial charge in [0.15, 0.2) is 0 Å². The van der Waals surface area contributed by atoms with Gasteiger partial charge in [-0.2, -0.15) is 0 Å². The Hall–Kier alpha value is -5.64. The van der Waals surface area contributed by atoms with Crippen molar-refractivity contribution in [3.8, 4) is 34.1 Å². The summed E-state index contributed by atoms with van der Waals surface area (Å²) in [6, 6.07) is 29.4. The second kappa shape index (κ2) is 34.6. The first-order valence-corrected chi connectivity index (χ1v) is 25.8. The normalized spacial score (nSPS) is 10.9. The van der Waals surface area contributed by atoms with E-state index in [0.717, 1.165) is 113 Å². The third-order valence-corrected chi connectivity index (χ3v) is 11.7. The molecule has 4 aromatic carbocycles. The molecular weight excluding hydrogens is 857 g/mol. The lowest BCUT2D eigenvalue weighted by Crippen LogP contribution is -2.09. The van der Waals surface area contributed by atoms with Gasteiger partial charge < -0.3 is 28.4 Å². The molecule has 0 N–H and O–H groups in total. The predicted molar refractivity (Wildman–Crippen MR) is 270 cm³/mol. The van der Waals surface area contributed by atoms with Crippen LogP contribution in [0.4, 0.5) is 0 Å². The Morgan fingerprint density at radius 2 is 0.618 bits per heavy atom. The molecule has 0 amide bonds. The molecule has 0 atom stereocenters. The number of rotatable bonds is 37. The van der Waals surface area contributed by atoms with Crippen molar-refractivity contribution in [1.29, 1.82) is 0 Å². The van der Waals surface area contributed by atoms with Crippen LogP contribution in [0.25, 0.3) is 11.1 Å². The maximum atomic E-state index is 12.3. The lowest BCUT2D eigenvalue weighted by atomic mass is 10.1. The Labute approximate surface area is 406 Å². The summed E-state index contributed by atoms with van der Waals surface area (Å²) in [7, 11) is 0. The maximum Gasteiger partial charge on any atom is 0.338 e. The van der Waals surface area contributed by atoms with Gasteiger partial charge in [0, 0.05) is 12.8 Å². The highest BCUT2D eigenvalue weighted by Crippen LogP contribution is 2.25. The molecule has 4 aromatic rings. The van der Waals surface area contributed by atoms with Gasteiger partial charge in [0.1, 0.15) is 23.0 Å². The molecule has 0 aliphatic heterocycles. The molecule has 0 aliphatic carbocycles. The van der Waals surface area contributed by atoms with Crippen molar-refractivity contribution in [2.75, 3.05) is 26.4 Å². The summed E-state index contributed by atoms with van der Waals surface area (Å²) >= 11 is 0. The van der Waals surface area contributed by atoms with Crippen molar-refractivity contribution in [3.63, 3.8) is 0 Å². The molecular formula is C58H78O10. The topological polar surface area (TPSA) is 124 Å². The molecule has 0 saturated heterocycles. The number of ether oxygens (including phenoxy) is 6. The van der Waals surface area contributed by atoms with Crippen molar-refractivity contribution in [2.24, 2.45) is 0 Å². The number of unbranched alkanes of at least 4 members (excludes halogenated alkanes) is 18. The van der Waals surface area contributed by atoms with Crippen molar-refractivity contribution in [3.05, 3.63) is 108 Å². The van der Waals surface area contributed by atoms with Gasteiger partial charge in [0.25, 0.3) is 0 Å². The zero-order valence-corrected chi connectivity index (χ0v) is 41.1. The fourth-order valence-corrected chi connectivity index (χ4v) is 7.61. The molecule has 0 bridgehead atoms. The van der Waals surface area contributed by atoms with Gasteiger partial charge in [-0.3, -0.25) is 9.59 Å². The van der Waals surface area contributed by atoms with Gasteiger partial charge in [0.2, 0.25) is 0 Å². The molecule has 10 heteroatoms. The minimum atomic E-state index is -0.348. The van der Waals surface area contributed by atoms with Crippen molar-refractivity contribution < 1.29 is 47.6 Å². The Morgan fingerprint density at radius 3 is 0.971 bits per heavy atom. The maximum absolute atomic E-state index is 12.3. The van der Waals surface area contributed by atoms with Crippen LogP contribution in [0.2, 0.25) is 0 Å². The Balaban J connectivity index is 0.956. The smallest absolute Gasteiger partial charge is 0.338 e. The molecule has 0 fully saturated rings. The van der Waals surface area contributed by atoms with Crippen LogP contribution in [-0.2, 0) is 19.1 Å². The van der Waals surface area contributed by atoms with Crippen LogP contribution in [-0.4, -0.2) is 50.3 Å². The highest BCUT2D eigenvalue weighted by atomic mass is 16.5. The lowest BCUT2D eigenvalue weighted by molar-refractivity contribution is -0.135. The SMILES string of the molecule is CCCCCCCCOC(=O)c1ccc(OC(=O)CCCCCCCOc2ccc(-c3ccc(OCCCCCCCC(=O)Oc4ccc(C(=O)OCCCCCCCC)cc4)cc3)cc2)cc1. The highest BCUT2D eigenvalue weighted by molar-refractivity contribution is 5.90. The minimum Gasteiger partial charge on any atom is -0.494 e. The third kappa shape index (κ3) is 23.9. The summed E-state index contributed by atoms with van der Waals surface area (Å²) in [6.45, 7) is 6.52. The molecule has 10 nitrogen and oxygen atoms in total. The van der Waals surface area contributed by atoms with Crippen molar-refractivity contribution >= 4 is 23.9 Å². The standard InChI is InChI=1S/C58H78O10/c1-3-5-7-9-15-23-45-65-57(61)49-31-39-53(40-32-49)67-55(59)25-19-13-11-17-21-43-63-51-35-27-47(28-36-51)48-29-37-52(38-30-48)64-44-22-18-12-14-20-26-56(60)68-54-41-33-50(34-42-54)58(62)66-46-24-16-10-8-6-4-2/h27-42H,3-26,43-46H2,1-2H3. The van der Waals surface area contributed by atoms with Crippen LogP contribution in [0.3, 0.4) is 0 Å². The van der Waals surface area contributed by atoms with E-state index in [1.165, 1.54) is 51.4 Å². The molecule has 0 aromatic heterocycles. The van der Waals surface area contributed by atoms with E-state index in [-0.39, 0.29) is 23.9 Å². The number of hydrogen-bond donors (Lipinski definition) is 0. The van der Waals surface area contributed by atoms with Crippen LogP contribution >= 0.6 is 0 Å². The van der Waals surface area contributed by atoms with Crippen LogP contribution in [0.5, 0.6) is 23.0 Å². The van der Waals surface area contributed by atoms with Gasteiger partial charge in [-0.05, 0) is 122 Å². The van der Waals surface area contributed by atoms with E-state index in [9.17, 15) is 19.2 Å². The Kier molecular flexibility index (Phi) is 28.0. The number of carbonyl (C=O) groups excluding carboxylic acids is 4. The summed E-state index contributed by atoms with van der Waals surface area (Å²) in [5, 5.41) is 0. The van der Waals surface area contributed by atoms with Gasteiger partial charge in [-0.25, -0.2) is 9.59 Å². The Morgan fingerprint density at radius 1 is 0.324 bits per heavy atom. The van der Waals surface area contributed by atoms with Crippen molar-refractivity contribution in [2.45, 2.75) is 168 Å². The lowest BCUT2D eigenvalue weighted by Gasteiger charge is -2.09. The van der Waals surface area contributed by atoms with E-state index < -0.39 is 0 Å². The Bertz CT molecular complexity index is 1830. The fraction of sp³-hybridized carbons (Fsp3) is 0.517. The van der Waals surface area contributed by atoms with E-state index in [1.54, 1.807) is 48.5 Å². The molecule has 0 heterocycles. The van der Waals surface area contributed by atoms with Crippen molar-refractivity contribution in [1.82, 2.24) is 0 Å². The van der Waals surface area contributed by atoms with Gasteiger partial charge >= 0.3 is 23.9 Å².